The van der Waals surface area contributed by atoms with Gasteiger partial charge < -0.3 is 0 Å². The van der Waals surface area contributed by atoms with Crippen LogP contribution in [-0.2, 0) is 11.2 Å². The second-order valence-corrected chi connectivity index (χ2v) is 6.62. The molecule has 0 spiro atoms. The Hall–Kier alpha value is -2.24. The Morgan fingerprint density at radius 3 is 2.64 bits per heavy atom. The van der Waals surface area contributed by atoms with Crippen molar-refractivity contribution in [2.75, 3.05) is 0 Å². The predicted octanol–water partition coefficient (Wildman–Crippen LogP) is 5.09. The lowest BCUT2D eigenvalue weighted by Gasteiger charge is -2.07. The molecule has 25 heavy (non-hydrogen) atoms. The van der Waals surface area contributed by atoms with Gasteiger partial charge in [-0.1, -0.05) is 63.9 Å². The number of amides is 1. The molecule has 0 atom stereocenters. The van der Waals surface area contributed by atoms with Gasteiger partial charge in [-0.05, 0) is 34.5 Å². The van der Waals surface area contributed by atoms with Crippen LogP contribution in [0.3, 0.4) is 0 Å². The van der Waals surface area contributed by atoms with Gasteiger partial charge in [0.25, 0.3) is 0 Å². The molecule has 0 aromatic heterocycles. The molecular weight excluding hydrogens is 407 g/mol. The van der Waals surface area contributed by atoms with E-state index in [9.17, 15) is 9.18 Å². The molecule has 0 aliphatic carbocycles. The average Bonchev–Trinajstić information content (AvgIpc) is 2.60. The summed E-state index contributed by atoms with van der Waals surface area (Å²) in [6, 6.07) is 16.0. The summed E-state index contributed by atoms with van der Waals surface area (Å²) in [4.78, 5) is 12.1. The van der Waals surface area contributed by atoms with Crippen molar-refractivity contribution in [2.45, 2.75) is 6.42 Å². The van der Waals surface area contributed by atoms with Crippen LogP contribution in [0.15, 0.2) is 64.2 Å². The fourth-order valence-electron chi connectivity index (χ4n) is 2.49. The summed E-state index contributed by atoms with van der Waals surface area (Å²) < 4.78 is 14.6. The fraction of sp³-hybridized carbons (Fsp3) is 0.0526. The van der Waals surface area contributed by atoms with Crippen LogP contribution >= 0.6 is 27.5 Å². The SMILES string of the molecule is O=C(Cc1ccc(Br)c2ccccc12)NN=Cc1c(F)cccc1Cl. The van der Waals surface area contributed by atoms with E-state index >= 15 is 0 Å². The Labute approximate surface area is 157 Å². The number of nitrogens with zero attached hydrogens (tertiary/aromatic N) is 1. The van der Waals surface area contributed by atoms with Gasteiger partial charge in [0.15, 0.2) is 0 Å². The maximum atomic E-state index is 13.6. The first-order valence-corrected chi connectivity index (χ1v) is 8.65. The normalized spacial score (nSPS) is 11.2. The number of hydrogen-bond donors (Lipinski definition) is 1. The van der Waals surface area contributed by atoms with E-state index in [2.05, 4.69) is 26.5 Å². The highest BCUT2D eigenvalue weighted by Gasteiger charge is 2.09. The molecule has 3 rings (SSSR count). The van der Waals surface area contributed by atoms with Crippen LogP contribution in [0.5, 0.6) is 0 Å². The Morgan fingerprint density at radius 2 is 1.88 bits per heavy atom. The van der Waals surface area contributed by atoms with Crippen molar-refractivity contribution in [3.8, 4) is 0 Å². The minimum Gasteiger partial charge on any atom is -0.273 e. The van der Waals surface area contributed by atoms with Crippen LogP contribution in [0.2, 0.25) is 5.02 Å². The first kappa shape index (κ1) is 17.6. The van der Waals surface area contributed by atoms with Gasteiger partial charge in [-0.25, -0.2) is 9.82 Å². The lowest BCUT2D eigenvalue weighted by molar-refractivity contribution is -0.120. The molecule has 0 fully saturated rings. The number of hydrazone groups is 1. The molecule has 1 amide bonds. The highest BCUT2D eigenvalue weighted by molar-refractivity contribution is 9.10. The summed E-state index contributed by atoms with van der Waals surface area (Å²) >= 11 is 9.41. The molecule has 6 heteroatoms. The first-order valence-electron chi connectivity index (χ1n) is 7.48. The maximum Gasteiger partial charge on any atom is 0.244 e. The number of nitrogens with one attached hydrogen (secondary N) is 1. The van der Waals surface area contributed by atoms with Gasteiger partial charge >= 0.3 is 0 Å². The molecule has 3 aromatic carbocycles. The molecular formula is C19H13BrClFN2O. The van der Waals surface area contributed by atoms with Gasteiger partial charge in [0.1, 0.15) is 5.82 Å². The van der Waals surface area contributed by atoms with Crippen LogP contribution in [0.4, 0.5) is 4.39 Å². The number of fused-ring (bicyclic) bond motifs is 1. The van der Waals surface area contributed by atoms with E-state index in [1.807, 2.05) is 36.4 Å². The third kappa shape index (κ3) is 4.06. The number of rotatable bonds is 4. The molecule has 0 heterocycles. The standard InChI is InChI=1S/C19H13BrClFN2O/c20-16-9-8-12(13-4-1-2-5-14(13)16)10-19(25)24-23-11-15-17(21)6-3-7-18(15)22/h1-9,11H,10H2,(H,24,25). The second-order valence-electron chi connectivity index (χ2n) is 5.36. The van der Waals surface area contributed by atoms with Crippen molar-refractivity contribution in [2.24, 2.45) is 5.10 Å². The second kappa shape index (κ2) is 7.76. The predicted molar refractivity (Wildman–Crippen MR) is 102 cm³/mol. The Kier molecular flexibility index (Phi) is 5.46. The lowest BCUT2D eigenvalue weighted by atomic mass is 10.0. The van der Waals surface area contributed by atoms with Crippen LogP contribution in [0.25, 0.3) is 10.8 Å². The van der Waals surface area contributed by atoms with Crippen molar-refractivity contribution in [1.82, 2.24) is 5.43 Å². The maximum absolute atomic E-state index is 13.6. The number of hydrogen-bond acceptors (Lipinski definition) is 2. The fourth-order valence-corrected chi connectivity index (χ4v) is 3.18. The van der Waals surface area contributed by atoms with E-state index < -0.39 is 5.82 Å². The lowest BCUT2D eigenvalue weighted by Crippen LogP contribution is -2.20. The minimum atomic E-state index is -0.496. The third-order valence-corrected chi connectivity index (χ3v) is 4.72. The largest absolute Gasteiger partial charge is 0.273 e. The molecule has 1 N–H and O–H groups in total. The van der Waals surface area contributed by atoms with E-state index in [0.717, 1.165) is 20.8 Å². The smallest absolute Gasteiger partial charge is 0.244 e. The minimum absolute atomic E-state index is 0.138. The summed E-state index contributed by atoms with van der Waals surface area (Å²) in [5, 5.41) is 6.06. The van der Waals surface area contributed by atoms with Crippen molar-refractivity contribution < 1.29 is 9.18 Å². The molecule has 0 saturated heterocycles. The number of carbonyl (C=O) groups is 1. The van der Waals surface area contributed by atoms with Gasteiger partial charge in [-0.2, -0.15) is 5.10 Å². The number of benzene rings is 3. The Balaban J connectivity index is 1.74. The van der Waals surface area contributed by atoms with E-state index in [-0.39, 0.29) is 22.9 Å². The van der Waals surface area contributed by atoms with Crippen molar-refractivity contribution >= 4 is 50.4 Å². The van der Waals surface area contributed by atoms with Gasteiger partial charge in [0.2, 0.25) is 5.91 Å². The molecule has 0 aliphatic heterocycles. The summed E-state index contributed by atoms with van der Waals surface area (Å²) in [5.74, 6) is -0.791. The average molecular weight is 420 g/mol. The number of halogens is 3. The molecule has 0 aliphatic rings. The first-order chi connectivity index (χ1) is 12.1. The molecule has 0 radical (unpaired) electrons. The van der Waals surface area contributed by atoms with Gasteiger partial charge in [-0.15, -0.1) is 0 Å². The highest BCUT2D eigenvalue weighted by atomic mass is 79.9. The van der Waals surface area contributed by atoms with Crippen LogP contribution in [0.1, 0.15) is 11.1 Å². The Morgan fingerprint density at radius 1 is 1.12 bits per heavy atom. The summed E-state index contributed by atoms with van der Waals surface area (Å²) in [6.45, 7) is 0. The van der Waals surface area contributed by atoms with Gasteiger partial charge in [0, 0.05) is 10.0 Å². The zero-order chi connectivity index (χ0) is 17.8. The van der Waals surface area contributed by atoms with E-state index in [0.29, 0.717) is 0 Å². The highest BCUT2D eigenvalue weighted by Crippen LogP contribution is 2.27. The molecule has 3 aromatic rings. The van der Waals surface area contributed by atoms with E-state index in [1.165, 1.54) is 18.3 Å². The zero-order valence-electron chi connectivity index (χ0n) is 13.0. The molecule has 0 unspecified atom stereocenters. The number of carbonyl (C=O) groups excluding carboxylic acids is 1. The van der Waals surface area contributed by atoms with Crippen molar-refractivity contribution in [1.29, 1.82) is 0 Å². The van der Waals surface area contributed by atoms with Crippen LogP contribution < -0.4 is 5.43 Å². The van der Waals surface area contributed by atoms with Crippen LogP contribution in [0, 0.1) is 5.82 Å². The summed E-state index contributed by atoms with van der Waals surface area (Å²) in [5.41, 5.74) is 3.43. The third-order valence-electron chi connectivity index (χ3n) is 3.69. The van der Waals surface area contributed by atoms with Crippen molar-refractivity contribution in [3.05, 3.63) is 81.0 Å². The molecule has 126 valence electrons. The monoisotopic (exact) mass is 418 g/mol. The quantitative estimate of drug-likeness (QED) is 0.464. The van der Waals surface area contributed by atoms with Gasteiger partial charge in [0.05, 0.1) is 17.7 Å². The molecule has 0 saturated carbocycles. The summed E-state index contributed by atoms with van der Waals surface area (Å²) in [7, 11) is 0. The zero-order valence-corrected chi connectivity index (χ0v) is 15.3. The van der Waals surface area contributed by atoms with Crippen molar-refractivity contribution in [3.63, 3.8) is 0 Å². The van der Waals surface area contributed by atoms with Gasteiger partial charge in [-0.3, -0.25) is 4.79 Å². The molecule has 3 nitrogen and oxygen atoms in total. The summed E-state index contributed by atoms with van der Waals surface area (Å²) in [6.07, 6.45) is 1.37. The topological polar surface area (TPSA) is 41.5 Å². The molecule has 0 bridgehead atoms. The van der Waals surface area contributed by atoms with E-state index in [4.69, 9.17) is 11.6 Å². The van der Waals surface area contributed by atoms with E-state index in [1.54, 1.807) is 6.07 Å². The Bertz CT molecular complexity index is 955. The van der Waals surface area contributed by atoms with Crippen LogP contribution in [-0.4, -0.2) is 12.1 Å².